The molecule has 0 aliphatic carbocycles. The molecule has 80 valence electrons. The summed E-state index contributed by atoms with van der Waals surface area (Å²) in [6.07, 6.45) is 1.83. The van der Waals surface area contributed by atoms with E-state index in [1.54, 1.807) is 12.1 Å². The molecule has 0 aliphatic rings. The molecule has 15 heavy (non-hydrogen) atoms. The molecular weight excluding hydrogens is 188 g/mol. The normalized spacial score (nSPS) is 12.1. The van der Waals surface area contributed by atoms with Gasteiger partial charge in [0.1, 0.15) is 0 Å². The van der Waals surface area contributed by atoms with E-state index in [-0.39, 0.29) is 6.04 Å². The number of carbonyl (C=O) groups is 1. The van der Waals surface area contributed by atoms with E-state index in [0.29, 0.717) is 12.1 Å². The lowest BCUT2D eigenvalue weighted by molar-refractivity contribution is 0.1000. The molecule has 1 aromatic carbocycles. The number of carbonyl (C=O) groups excluding carboxylic acids is 1. The standard InChI is InChI=1S/C12H16N2O/c1-3-9(2)14-8-10-5-4-6-11(7-10)12(13)15/h3-7,9,14H,1,8H2,2H3,(H2,13,15). The van der Waals surface area contributed by atoms with Gasteiger partial charge in [-0.2, -0.15) is 0 Å². The number of hydrogen-bond donors (Lipinski definition) is 2. The van der Waals surface area contributed by atoms with Crippen molar-refractivity contribution in [3.8, 4) is 0 Å². The van der Waals surface area contributed by atoms with Crippen LogP contribution in [-0.4, -0.2) is 11.9 Å². The molecule has 3 nitrogen and oxygen atoms in total. The molecule has 0 radical (unpaired) electrons. The smallest absolute Gasteiger partial charge is 0.248 e. The third-order valence-corrected chi connectivity index (χ3v) is 2.19. The Bertz CT molecular complexity index is 360. The summed E-state index contributed by atoms with van der Waals surface area (Å²) in [6, 6.07) is 7.54. The summed E-state index contributed by atoms with van der Waals surface area (Å²) in [6.45, 7) is 6.40. The third-order valence-electron chi connectivity index (χ3n) is 2.19. The Morgan fingerprint density at radius 3 is 3.00 bits per heavy atom. The van der Waals surface area contributed by atoms with Gasteiger partial charge in [0.15, 0.2) is 0 Å². The van der Waals surface area contributed by atoms with Crippen LogP contribution < -0.4 is 11.1 Å². The van der Waals surface area contributed by atoms with E-state index in [1.807, 2.05) is 25.1 Å². The van der Waals surface area contributed by atoms with Crippen molar-refractivity contribution < 1.29 is 4.79 Å². The van der Waals surface area contributed by atoms with Gasteiger partial charge in [0.25, 0.3) is 0 Å². The van der Waals surface area contributed by atoms with Gasteiger partial charge >= 0.3 is 0 Å². The first-order chi connectivity index (χ1) is 7.13. The molecule has 1 unspecified atom stereocenters. The van der Waals surface area contributed by atoms with E-state index >= 15 is 0 Å². The van der Waals surface area contributed by atoms with Crippen molar-refractivity contribution >= 4 is 5.91 Å². The maximum atomic E-state index is 10.9. The first kappa shape index (κ1) is 11.5. The number of nitrogens with one attached hydrogen (secondary N) is 1. The summed E-state index contributed by atoms with van der Waals surface area (Å²) in [5.74, 6) is -0.395. The Hall–Kier alpha value is -1.61. The summed E-state index contributed by atoms with van der Waals surface area (Å²) in [5.41, 5.74) is 6.77. The van der Waals surface area contributed by atoms with Gasteiger partial charge in [-0.25, -0.2) is 0 Å². The lowest BCUT2D eigenvalue weighted by Gasteiger charge is -2.09. The minimum atomic E-state index is -0.395. The van der Waals surface area contributed by atoms with Crippen molar-refractivity contribution in [1.82, 2.24) is 5.32 Å². The summed E-state index contributed by atoms with van der Waals surface area (Å²) in [4.78, 5) is 10.9. The molecule has 1 rings (SSSR count). The van der Waals surface area contributed by atoms with E-state index in [0.717, 1.165) is 5.56 Å². The van der Waals surface area contributed by atoms with Crippen LogP contribution in [0.4, 0.5) is 0 Å². The van der Waals surface area contributed by atoms with Gasteiger partial charge in [-0.3, -0.25) is 4.79 Å². The number of rotatable bonds is 5. The Kier molecular flexibility index (Phi) is 4.06. The molecule has 0 saturated heterocycles. The number of hydrogen-bond acceptors (Lipinski definition) is 2. The summed E-state index contributed by atoms with van der Waals surface area (Å²) >= 11 is 0. The molecule has 1 aromatic rings. The summed E-state index contributed by atoms with van der Waals surface area (Å²) in [5, 5.41) is 3.24. The lowest BCUT2D eigenvalue weighted by Crippen LogP contribution is -2.23. The molecule has 3 N–H and O–H groups in total. The van der Waals surface area contributed by atoms with Gasteiger partial charge in [-0.1, -0.05) is 18.2 Å². The van der Waals surface area contributed by atoms with Gasteiger partial charge < -0.3 is 11.1 Å². The molecule has 0 fully saturated rings. The zero-order valence-corrected chi connectivity index (χ0v) is 8.86. The molecular formula is C12H16N2O. The fourth-order valence-corrected chi connectivity index (χ4v) is 1.20. The van der Waals surface area contributed by atoms with Crippen molar-refractivity contribution in [3.63, 3.8) is 0 Å². The van der Waals surface area contributed by atoms with E-state index in [1.165, 1.54) is 0 Å². The van der Waals surface area contributed by atoms with Crippen LogP contribution in [0.5, 0.6) is 0 Å². The second-order valence-electron chi connectivity index (χ2n) is 3.47. The maximum Gasteiger partial charge on any atom is 0.248 e. The molecule has 1 amide bonds. The van der Waals surface area contributed by atoms with Crippen LogP contribution in [0.2, 0.25) is 0 Å². The van der Waals surface area contributed by atoms with Gasteiger partial charge in [-0.05, 0) is 24.6 Å². The van der Waals surface area contributed by atoms with Crippen molar-refractivity contribution in [2.45, 2.75) is 19.5 Å². The first-order valence-corrected chi connectivity index (χ1v) is 4.88. The van der Waals surface area contributed by atoms with Crippen molar-refractivity contribution in [3.05, 3.63) is 48.0 Å². The molecule has 0 spiro atoms. The average molecular weight is 204 g/mol. The average Bonchev–Trinajstić information content (AvgIpc) is 2.26. The number of amides is 1. The van der Waals surface area contributed by atoms with Crippen molar-refractivity contribution in [2.24, 2.45) is 5.73 Å². The van der Waals surface area contributed by atoms with Gasteiger partial charge in [0.2, 0.25) is 5.91 Å². The quantitative estimate of drug-likeness (QED) is 0.713. The van der Waals surface area contributed by atoms with Crippen LogP contribution in [-0.2, 0) is 6.54 Å². The topological polar surface area (TPSA) is 55.1 Å². The largest absolute Gasteiger partial charge is 0.366 e. The fourth-order valence-electron chi connectivity index (χ4n) is 1.20. The lowest BCUT2D eigenvalue weighted by atomic mass is 10.1. The molecule has 3 heteroatoms. The van der Waals surface area contributed by atoms with E-state index in [4.69, 9.17) is 5.73 Å². The predicted octanol–water partition coefficient (Wildman–Crippen LogP) is 1.45. The van der Waals surface area contributed by atoms with Gasteiger partial charge in [-0.15, -0.1) is 6.58 Å². The molecule has 0 aliphatic heterocycles. The van der Waals surface area contributed by atoms with Gasteiger partial charge in [0.05, 0.1) is 0 Å². The highest BCUT2D eigenvalue weighted by atomic mass is 16.1. The first-order valence-electron chi connectivity index (χ1n) is 4.88. The Morgan fingerprint density at radius 1 is 1.67 bits per heavy atom. The van der Waals surface area contributed by atoms with Crippen LogP contribution in [0, 0.1) is 0 Å². The van der Waals surface area contributed by atoms with E-state index in [2.05, 4.69) is 11.9 Å². The second-order valence-corrected chi connectivity index (χ2v) is 3.47. The third kappa shape index (κ3) is 3.56. The minimum absolute atomic E-state index is 0.252. The van der Waals surface area contributed by atoms with E-state index in [9.17, 15) is 4.79 Å². The highest BCUT2D eigenvalue weighted by Gasteiger charge is 2.01. The Labute approximate surface area is 90.0 Å². The molecule has 1 atom stereocenters. The Balaban J connectivity index is 2.65. The fraction of sp³-hybridized carbons (Fsp3) is 0.250. The van der Waals surface area contributed by atoms with Crippen LogP contribution in [0.1, 0.15) is 22.8 Å². The Morgan fingerprint density at radius 2 is 2.40 bits per heavy atom. The van der Waals surface area contributed by atoms with Gasteiger partial charge in [0, 0.05) is 18.2 Å². The molecule has 0 saturated carbocycles. The van der Waals surface area contributed by atoms with Crippen LogP contribution >= 0.6 is 0 Å². The maximum absolute atomic E-state index is 10.9. The second kappa shape index (κ2) is 5.32. The molecule has 0 heterocycles. The number of primary amides is 1. The molecule has 0 aromatic heterocycles. The van der Waals surface area contributed by atoms with E-state index < -0.39 is 5.91 Å². The van der Waals surface area contributed by atoms with Crippen LogP contribution in [0.3, 0.4) is 0 Å². The predicted molar refractivity (Wildman–Crippen MR) is 61.5 cm³/mol. The number of benzene rings is 1. The van der Waals surface area contributed by atoms with Crippen molar-refractivity contribution in [1.29, 1.82) is 0 Å². The zero-order chi connectivity index (χ0) is 11.3. The minimum Gasteiger partial charge on any atom is -0.366 e. The highest BCUT2D eigenvalue weighted by molar-refractivity contribution is 5.92. The van der Waals surface area contributed by atoms with Crippen molar-refractivity contribution in [2.75, 3.05) is 0 Å². The summed E-state index contributed by atoms with van der Waals surface area (Å²) in [7, 11) is 0. The van der Waals surface area contributed by atoms with Crippen LogP contribution in [0.15, 0.2) is 36.9 Å². The SMILES string of the molecule is C=CC(C)NCc1cccc(C(N)=O)c1. The molecule has 0 bridgehead atoms. The number of nitrogens with two attached hydrogens (primary N) is 1. The summed E-state index contributed by atoms with van der Waals surface area (Å²) < 4.78 is 0. The monoisotopic (exact) mass is 204 g/mol. The van der Waals surface area contributed by atoms with Crippen LogP contribution in [0.25, 0.3) is 0 Å². The highest BCUT2D eigenvalue weighted by Crippen LogP contribution is 2.04. The zero-order valence-electron chi connectivity index (χ0n) is 8.86.